The highest BCUT2D eigenvalue weighted by atomic mass is 35.5. The number of phenols is 1. The SMILES string of the molecule is CN(C)CCOc1nc(N2C[C@H]3CC[C@@H](C2)N3)c2cc(Cl)c(-c3cc(O)cc4ccccc34)c(F)c2n1. The molecule has 2 atom stereocenters. The monoisotopic (exact) mass is 521 g/mol. The Morgan fingerprint density at radius 1 is 1.11 bits per heavy atom. The second-order valence-electron chi connectivity index (χ2n) is 10.2. The molecule has 2 bridgehead atoms. The van der Waals surface area contributed by atoms with Crippen LogP contribution in [0.25, 0.3) is 32.8 Å². The minimum absolute atomic E-state index is 0.0386. The fourth-order valence-electron chi connectivity index (χ4n) is 5.50. The molecule has 1 aromatic heterocycles. The van der Waals surface area contributed by atoms with Crippen LogP contribution in [0.3, 0.4) is 0 Å². The number of piperazine rings is 1. The maximum atomic E-state index is 16.5. The van der Waals surface area contributed by atoms with E-state index in [1.165, 1.54) is 0 Å². The molecule has 3 aromatic carbocycles. The van der Waals surface area contributed by atoms with Crippen LogP contribution in [0.4, 0.5) is 10.2 Å². The zero-order valence-corrected chi connectivity index (χ0v) is 21.6. The average Bonchev–Trinajstić information content (AvgIpc) is 3.21. The molecule has 4 aromatic rings. The lowest BCUT2D eigenvalue weighted by molar-refractivity contribution is 0.246. The van der Waals surface area contributed by atoms with E-state index in [2.05, 4.69) is 15.2 Å². The Kier molecular flexibility index (Phi) is 6.26. The number of hydrogen-bond acceptors (Lipinski definition) is 7. The smallest absolute Gasteiger partial charge is 0.319 e. The molecule has 2 aliphatic rings. The van der Waals surface area contributed by atoms with Gasteiger partial charge in [-0.1, -0.05) is 35.9 Å². The summed E-state index contributed by atoms with van der Waals surface area (Å²) in [5.41, 5.74) is 0.864. The van der Waals surface area contributed by atoms with Crippen LogP contribution in [0.15, 0.2) is 42.5 Å². The Balaban J connectivity index is 1.54. The summed E-state index contributed by atoms with van der Waals surface area (Å²) in [6.07, 6.45) is 2.22. The first-order valence-corrected chi connectivity index (χ1v) is 13.0. The van der Waals surface area contributed by atoms with E-state index in [9.17, 15) is 5.11 Å². The highest BCUT2D eigenvalue weighted by Crippen LogP contribution is 2.42. The molecule has 3 heterocycles. The van der Waals surface area contributed by atoms with Crippen LogP contribution >= 0.6 is 11.6 Å². The molecule has 2 saturated heterocycles. The molecular formula is C28H29ClFN5O2. The summed E-state index contributed by atoms with van der Waals surface area (Å²) in [6, 6.07) is 13.4. The van der Waals surface area contributed by atoms with Crippen molar-refractivity contribution in [2.75, 3.05) is 45.2 Å². The number of anilines is 1. The molecule has 37 heavy (non-hydrogen) atoms. The van der Waals surface area contributed by atoms with Gasteiger partial charge in [0.15, 0.2) is 5.82 Å². The van der Waals surface area contributed by atoms with Crippen LogP contribution in [-0.2, 0) is 0 Å². The average molecular weight is 522 g/mol. The van der Waals surface area contributed by atoms with Crippen LogP contribution in [0.1, 0.15) is 12.8 Å². The molecule has 0 amide bonds. The third kappa shape index (κ3) is 4.54. The first-order chi connectivity index (χ1) is 17.9. The molecule has 7 nitrogen and oxygen atoms in total. The minimum atomic E-state index is -0.558. The number of halogens is 2. The van der Waals surface area contributed by atoms with Gasteiger partial charge in [-0.2, -0.15) is 9.97 Å². The van der Waals surface area contributed by atoms with Gasteiger partial charge in [0, 0.05) is 42.7 Å². The number of phenolic OH excluding ortho intramolecular Hbond substituents is 1. The molecule has 2 N–H and O–H groups in total. The lowest BCUT2D eigenvalue weighted by Gasteiger charge is -2.34. The largest absolute Gasteiger partial charge is 0.508 e. The van der Waals surface area contributed by atoms with Crippen LogP contribution in [0, 0.1) is 5.82 Å². The molecule has 6 rings (SSSR count). The van der Waals surface area contributed by atoms with Gasteiger partial charge in [0.25, 0.3) is 0 Å². The van der Waals surface area contributed by atoms with Crippen LogP contribution in [-0.4, -0.2) is 72.4 Å². The topological polar surface area (TPSA) is 73.8 Å². The van der Waals surface area contributed by atoms with Gasteiger partial charge in [-0.15, -0.1) is 0 Å². The van der Waals surface area contributed by atoms with Gasteiger partial charge in [-0.05, 0) is 61.5 Å². The van der Waals surface area contributed by atoms with Crippen molar-refractivity contribution >= 4 is 39.1 Å². The molecule has 0 aliphatic carbocycles. The van der Waals surface area contributed by atoms with E-state index in [0.29, 0.717) is 42.0 Å². The standard InChI is InChI=1S/C28H29ClFN5O2/c1-34(2)9-10-37-28-32-26-22(27(33-28)35-14-17-7-8-18(15-35)31-17)13-23(29)24(25(26)30)21-12-19(36)11-16-5-3-4-6-20(16)21/h3-6,11-13,17-18,31,36H,7-10,14-15H2,1-2H3/t17-,18+. The summed E-state index contributed by atoms with van der Waals surface area (Å²) < 4.78 is 22.4. The number of aromatic nitrogens is 2. The fourth-order valence-corrected chi connectivity index (χ4v) is 5.80. The lowest BCUT2D eigenvalue weighted by Crippen LogP contribution is -2.51. The number of nitrogens with one attached hydrogen (secondary N) is 1. The van der Waals surface area contributed by atoms with Crippen molar-refractivity contribution in [3.63, 3.8) is 0 Å². The van der Waals surface area contributed by atoms with Crippen molar-refractivity contribution in [3.05, 3.63) is 53.3 Å². The summed E-state index contributed by atoms with van der Waals surface area (Å²) in [5.74, 6) is 0.116. The van der Waals surface area contributed by atoms with Gasteiger partial charge in [0.05, 0.1) is 5.02 Å². The first-order valence-electron chi connectivity index (χ1n) is 12.6. The Bertz CT molecular complexity index is 1490. The van der Waals surface area contributed by atoms with E-state index < -0.39 is 5.82 Å². The molecule has 2 aliphatic heterocycles. The van der Waals surface area contributed by atoms with Gasteiger partial charge >= 0.3 is 6.01 Å². The number of ether oxygens (including phenoxy) is 1. The number of rotatable bonds is 6. The zero-order valence-electron chi connectivity index (χ0n) is 20.8. The van der Waals surface area contributed by atoms with Crippen molar-refractivity contribution in [2.24, 2.45) is 0 Å². The third-order valence-corrected chi connectivity index (χ3v) is 7.54. The van der Waals surface area contributed by atoms with Crippen LogP contribution in [0.5, 0.6) is 11.8 Å². The molecule has 0 spiro atoms. The number of benzene rings is 3. The fraction of sp³-hybridized carbons (Fsp3) is 0.357. The van der Waals surface area contributed by atoms with E-state index in [4.69, 9.17) is 21.3 Å². The zero-order chi connectivity index (χ0) is 25.7. The van der Waals surface area contributed by atoms with Gasteiger partial charge < -0.3 is 25.0 Å². The van der Waals surface area contributed by atoms with E-state index in [1.54, 1.807) is 18.2 Å². The van der Waals surface area contributed by atoms with E-state index in [1.807, 2.05) is 43.3 Å². The number of hydrogen-bond donors (Lipinski definition) is 2. The van der Waals surface area contributed by atoms with Gasteiger partial charge in [-0.3, -0.25) is 0 Å². The van der Waals surface area contributed by atoms with E-state index in [0.717, 1.165) is 36.7 Å². The van der Waals surface area contributed by atoms with Crippen molar-refractivity contribution in [3.8, 4) is 22.9 Å². The van der Waals surface area contributed by atoms with Crippen LogP contribution in [0.2, 0.25) is 5.02 Å². The maximum Gasteiger partial charge on any atom is 0.319 e. The predicted octanol–water partition coefficient (Wildman–Crippen LogP) is 4.83. The molecule has 192 valence electrons. The third-order valence-electron chi connectivity index (χ3n) is 7.24. The van der Waals surface area contributed by atoms with Gasteiger partial charge in [0.2, 0.25) is 0 Å². The minimum Gasteiger partial charge on any atom is -0.508 e. The maximum absolute atomic E-state index is 16.5. The van der Waals surface area contributed by atoms with E-state index >= 15 is 4.39 Å². The Hall–Kier alpha value is -3.20. The number of likely N-dealkylation sites (N-methyl/N-ethyl adjacent to an activating group) is 1. The summed E-state index contributed by atoms with van der Waals surface area (Å²) in [4.78, 5) is 13.5. The first kappa shape index (κ1) is 24.2. The van der Waals surface area contributed by atoms with E-state index in [-0.39, 0.29) is 27.9 Å². The number of aromatic hydroxyl groups is 1. The summed E-state index contributed by atoms with van der Waals surface area (Å²) in [7, 11) is 3.92. The summed E-state index contributed by atoms with van der Waals surface area (Å²) >= 11 is 6.79. The number of fused-ring (bicyclic) bond motifs is 4. The summed E-state index contributed by atoms with van der Waals surface area (Å²) in [5, 5.41) is 16.4. The number of nitrogens with zero attached hydrogens (tertiary/aromatic N) is 4. The molecule has 2 fully saturated rings. The highest BCUT2D eigenvalue weighted by Gasteiger charge is 2.34. The normalized spacial score (nSPS) is 19.3. The predicted molar refractivity (Wildman–Crippen MR) is 145 cm³/mol. The molecule has 0 radical (unpaired) electrons. The van der Waals surface area contributed by atoms with Gasteiger partial charge in [0.1, 0.15) is 23.7 Å². The van der Waals surface area contributed by atoms with Crippen molar-refractivity contribution in [1.82, 2.24) is 20.2 Å². The second kappa shape index (κ2) is 9.59. The van der Waals surface area contributed by atoms with Crippen molar-refractivity contribution in [2.45, 2.75) is 24.9 Å². The Labute approximate surface area is 219 Å². The highest BCUT2D eigenvalue weighted by molar-refractivity contribution is 6.35. The molecular weight excluding hydrogens is 493 g/mol. The van der Waals surface area contributed by atoms with Crippen LogP contribution < -0.4 is 15.0 Å². The van der Waals surface area contributed by atoms with Crippen molar-refractivity contribution < 1.29 is 14.2 Å². The molecule has 0 saturated carbocycles. The quantitative estimate of drug-likeness (QED) is 0.376. The Morgan fingerprint density at radius 3 is 2.62 bits per heavy atom. The molecule has 0 unspecified atom stereocenters. The summed E-state index contributed by atoms with van der Waals surface area (Å²) in [6.45, 7) is 2.61. The van der Waals surface area contributed by atoms with Gasteiger partial charge in [-0.25, -0.2) is 4.39 Å². The Morgan fingerprint density at radius 2 is 1.86 bits per heavy atom. The van der Waals surface area contributed by atoms with Crippen molar-refractivity contribution in [1.29, 1.82) is 0 Å². The second-order valence-corrected chi connectivity index (χ2v) is 10.6. The molecule has 9 heteroatoms. The lowest BCUT2D eigenvalue weighted by atomic mass is 9.96.